The summed E-state index contributed by atoms with van der Waals surface area (Å²) in [6.45, 7) is -5.55. The number of hydrogen-bond donors (Lipinski definition) is 2. The largest absolute Gasteiger partial charge is 0.480 e. The minimum atomic E-state index is -3.51. The molecule has 0 unspecified atom stereocenters. The van der Waals surface area contributed by atoms with E-state index in [0.29, 0.717) is 0 Å². The fourth-order valence-electron chi connectivity index (χ4n) is 2.52. The van der Waals surface area contributed by atoms with Gasteiger partial charge >= 0.3 is 5.97 Å². The van der Waals surface area contributed by atoms with Crippen molar-refractivity contribution in [1.82, 2.24) is 5.32 Å². The van der Waals surface area contributed by atoms with Crippen molar-refractivity contribution in [3.63, 3.8) is 0 Å². The van der Waals surface area contributed by atoms with E-state index in [1.54, 1.807) is 0 Å². The molecule has 2 N–H and O–H groups in total. The zero-order valence-electron chi connectivity index (χ0n) is 26.3. The molecular weight excluding hydrogens is 290 g/mol. The lowest BCUT2D eigenvalue weighted by molar-refractivity contribution is -0.142. The summed E-state index contributed by atoms with van der Waals surface area (Å²) in [5.41, 5.74) is -1.11. The van der Waals surface area contributed by atoms with Crippen molar-refractivity contribution in [1.29, 1.82) is 0 Å². The normalized spacial score (nSPS) is 34.5. The van der Waals surface area contributed by atoms with Gasteiger partial charge in [-0.15, -0.1) is 0 Å². The van der Waals surface area contributed by atoms with Crippen molar-refractivity contribution in [2.75, 3.05) is 0 Å². The van der Waals surface area contributed by atoms with Crippen LogP contribution in [-0.2, 0) is 16.0 Å². The number of benzene rings is 1. The van der Waals surface area contributed by atoms with Crippen LogP contribution in [0.1, 0.15) is 64.1 Å². The Morgan fingerprint density at radius 3 is 2.57 bits per heavy atom. The monoisotopic (exact) mass is 331 g/mol. The van der Waals surface area contributed by atoms with E-state index in [1.165, 1.54) is 0 Å². The molecule has 1 saturated carbocycles. The van der Waals surface area contributed by atoms with Gasteiger partial charge < -0.3 is 10.4 Å². The van der Waals surface area contributed by atoms with Gasteiger partial charge in [-0.05, 0) is 43.1 Å². The second kappa shape index (κ2) is 8.14. The summed E-state index contributed by atoms with van der Waals surface area (Å²) >= 11 is 0. The molecule has 1 atom stereocenters. The maximum atomic E-state index is 12.9. The van der Waals surface area contributed by atoms with Gasteiger partial charge in [0.15, 0.2) is 0 Å². The van der Waals surface area contributed by atoms with E-state index in [1.807, 2.05) is 5.32 Å². The second-order valence-corrected chi connectivity index (χ2v) is 5.38. The zero-order chi connectivity index (χ0) is 28.9. The van der Waals surface area contributed by atoms with Crippen LogP contribution in [0.25, 0.3) is 0 Å². The Labute approximate surface area is 158 Å². The minimum absolute atomic E-state index is 0.00754. The Bertz CT molecular complexity index is 1020. The Kier molecular flexibility index (Phi) is 2.33. The number of carboxylic acids is 1. The molecule has 4 nitrogen and oxygen atoms in total. The fourth-order valence-corrected chi connectivity index (χ4v) is 2.52. The van der Waals surface area contributed by atoms with Gasteiger partial charge in [0.25, 0.3) is 0 Å². The van der Waals surface area contributed by atoms with Crippen LogP contribution in [0.3, 0.4) is 0 Å². The van der Waals surface area contributed by atoms with Crippen LogP contribution in [0.5, 0.6) is 0 Å². The Balaban J connectivity index is 2.35. The Morgan fingerprint density at radius 2 is 2.00 bits per heavy atom. The first-order valence-electron chi connectivity index (χ1n) is 14.2. The van der Waals surface area contributed by atoms with Gasteiger partial charge in [-0.3, -0.25) is 4.79 Å². The van der Waals surface area contributed by atoms with Crippen molar-refractivity contribution in [3.8, 4) is 0 Å². The van der Waals surface area contributed by atoms with Crippen LogP contribution in [-0.4, -0.2) is 23.0 Å². The summed E-state index contributed by atoms with van der Waals surface area (Å²) in [4.78, 5) is 25.0. The summed E-state index contributed by atoms with van der Waals surface area (Å²) in [5, 5.41) is 11.5. The number of amides is 1. The van der Waals surface area contributed by atoms with Crippen molar-refractivity contribution in [2.45, 2.75) is 51.8 Å². The third kappa shape index (κ3) is 5.08. The molecule has 1 aliphatic rings. The molecule has 0 aromatic heterocycles. The molecule has 1 fully saturated rings. The van der Waals surface area contributed by atoms with Crippen molar-refractivity contribution < 1.29 is 33.9 Å². The number of nitrogens with one attached hydrogen (secondary N) is 1. The van der Waals surface area contributed by atoms with Crippen LogP contribution >= 0.6 is 0 Å². The quantitative estimate of drug-likeness (QED) is 0.841. The van der Waals surface area contributed by atoms with E-state index in [2.05, 4.69) is 0 Å². The molecular formula is C19H27NO3. The van der Waals surface area contributed by atoms with Crippen molar-refractivity contribution in [3.05, 3.63) is 35.8 Å². The highest BCUT2D eigenvalue weighted by Gasteiger charge is 2.30. The van der Waals surface area contributed by atoms with Crippen LogP contribution in [0.4, 0.5) is 0 Å². The van der Waals surface area contributed by atoms with E-state index in [9.17, 15) is 14.7 Å². The second-order valence-electron chi connectivity index (χ2n) is 5.38. The molecule has 1 aromatic carbocycles. The van der Waals surface area contributed by atoms with Gasteiger partial charge in [0.2, 0.25) is 5.91 Å². The number of carbonyl (C=O) groups is 2. The molecule has 0 heterocycles. The summed E-state index contributed by atoms with van der Waals surface area (Å²) in [6, 6.07) is -8.39. The average molecular weight is 332 g/mol. The lowest BCUT2D eigenvalue weighted by Gasteiger charge is -2.30. The molecule has 4 heteroatoms. The summed E-state index contributed by atoms with van der Waals surface area (Å²) in [6.07, 6.45) is -3.58. The average Bonchev–Trinajstić information content (AvgIpc) is 2.74. The highest BCUT2D eigenvalue weighted by molar-refractivity contribution is 5.85. The number of carbonyl (C=O) groups excluding carboxylic acids is 1. The topological polar surface area (TPSA) is 66.4 Å². The van der Waals surface area contributed by atoms with Crippen LogP contribution in [0.15, 0.2) is 30.2 Å². The van der Waals surface area contributed by atoms with Crippen molar-refractivity contribution >= 4 is 11.9 Å². The van der Waals surface area contributed by atoms with E-state index in [4.69, 9.17) is 19.2 Å². The van der Waals surface area contributed by atoms with Gasteiger partial charge in [0.1, 0.15) is 6.02 Å². The predicted octanol–water partition coefficient (Wildman–Crippen LogP) is 3.26. The molecule has 23 heavy (non-hydrogen) atoms. The van der Waals surface area contributed by atoms with Crippen LogP contribution < -0.4 is 5.32 Å². The lowest BCUT2D eigenvalue weighted by Crippen LogP contribution is -2.45. The number of aliphatic carboxylic acids is 1. The predicted molar refractivity (Wildman–Crippen MR) is 90.0 cm³/mol. The molecule has 0 aliphatic heterocycles. The molecule has 1 aromatic rings. The smallest absolute Gasteiger partial charge is 0.326 e. The van der Waals surface area contributed by atoms with Crippen molar-refractivity contribution in [2.24, 2.45) is 17.8 Å². The first kappa shape index (κ1) is 6.58. The number of rotatable bonds is 6. The molecule has 0 radical (unpaired) electrons. The minimum Gasteiger partial charge on any atom is -0.480 e. The van der Waals surface area contributed by atoms with E-state index >= 15 is 0 Å². The maximum absolute atomic E-state index is 12.9. The van der Waals surface area contributed by atoms with Gasteiger partial charge in [-0.2, -0.15) is 0 Å². The van der Waals surface area contributed by atoms with Crippen LogP contribution in [0.2, 0.25) is 0 Å². The molecule has 0 bridgehead atoms. The third-order valence-electron chi connectivity index (χ3n) is 3.83. The molecule has 0 saturated heterocycles. The van der Waals surface area contributed by atoms with Gasteiger partial charge in [-0.1, -0.05) is 43.9 Å². The number of carboxylic acid groups (broad SMARTS) is 1. The number of hydrogen-bond acceptors (Lipinski definition) is 2. The third-order valence-corrected chi connectivity index (χ3v) is 3.83. The molecule has 1 aliphatic carbocycles. The van der Waals surface area contributed by atoms with E-state index < -0.39 is 91.5 Å². The molecule has 0 spiro atoms. The highest BCUT2D eigenvalue weighted by atomic mass is 16.4. The summed E-state index contributed by atoms with van der Waals surface area (Å²) in [7, 11) is 0. The Morgan fingerprint density at radius 1 is 1.35 bits per heavy atom. The van der Waals surface area contributed by atoms with Gasteiger partial charge in [0, 0.05) is 23.3 Å². The summed E-state index contributed by atoms with van der Waals surface area (Å²) in [5.74, 6) is -6.66. The first-order valence-corrected chi connectivity index (χ1v) is 7.21. The van der Waals surface area contributed by atoms with E-state index in [0.717, 1.165) is 0 Å². The van der Waals surface area contributed by atoms with E-state index in [-0.39, 0.29) is 25.7 Å². The van der Waals surface area contributed by atoms with Crippen LogP contribution in [0, 0.1) is 17.8 Å². The molecule has 126 valence electrons. The lowest BCUT2D eigenvalue weighted by atomic mass is 9.76. The standard InChI is InChI=1S/C19H27NO3/c1-13(2)15-8-10-16(11-9-15)18(21)20-17(19(22)23)12-14-6-4-3-5-7-14/h3-7,13,15-17H,8-12H2,1-2H3,(H,20,21)(H,22,23)/t15?,16?,17-/m0/s1/i1D3,2D3,3D,4D,5D,6D,7D,12D2,17D. The highest BCUT2D eigenvalue weighted by Crippen LogP contribution is 2.33. The summed E-state index contributed by atoms with van der Waals surface area (Å²) < 4.78 is 110. The first-order chi connectivity index (χ1) is 16.6. The maximum Gasteiger partial charge on any atom is 0.326 e. The Hall–Kier alpha value is -1.84. The molecule has 2 rings (SSSR count). The van der Waals surface area contributed by atoms with Gasteiger partial charge in [0.05, 0.1) is 8.22 Å². The SMILES string of the molecule is [2H]c1c([2H])c([2H])c(C([2H])([2H])[C@]([2H])(NC(=O)C2CCC(C(C([2H])([2H])[2H])C([2H])([2H])[2H])CC2)C(=O)O)c([2H])c1[2H]. The zero-order valence-corrected chi connectivity index (χ0v) is 12.3. The molecule has 1 amide bonds. The van der Waals surface area contributed by atoms with Gasteiger partial charge in [-0.25, -0.2) is 4.79 Å². The fraction of sp³-hybridized carbons (Fsp3) is 0.579.